The van der Waals surface area contributed by atoms with Gasteiger partial charge in [-0.25, -0.2) is 18.4 Å². The second-order valence-corrected chi connectivity index (χ2v) is 8.12. The monoisotopic (exact) mass is 360 g/mol. The quantitative estimate of drug-likeness (QED) is 0.883. The molecule has 1 aliphatic heterocycles. The second-order valence-electron chi connectivity index (χ2n) is 6.10. The Bertz CT molecular complexity index is 838. The summed E-state index contributed by atoms with van der Waals surface area (Å²) in [5.41, 5.74) is 0.445. The molecule has 0 saturated carbocycles. The highest BCUT2D eigenvalue weighted by Gasteiger charge is 2.23. The Hall–Kier alpha value is -2.48. The third kappa shape index (κ3) is 4.33. The predicted octanol–water partition coefficient (Wildman–Crippen LogP) is 1.28. The average molecular weight is 360 g/mol. The molecular formula is C17H20N4O3S. The van der Waals surface area contributed by atoms with E-state index in [0.717, 1.165) is 25.6 Å². The van der Waals surface area contributed by atoms with Crippen molar-refractivity contribution in [3.63, 3.8) is 0 Å². The molecule has 0 spiro atoms. The first kappa shape index (κ1) is 17.3. The number of sulfone groups is 1. The molecule has 0 aliphatic carbocycles. The van der Waals surface area contributed by atoms with Gasteiger partial charge in [0.05, 0.1) is 4.90 Å². The molecule has 0 radical (unpaired) electrons. The van der Waals surface area contributed by atoms with Gasteiger partial charge in [0.2, 0.25) is 5.95 Å². The van der Waals surface area contributed by atoms with Gasteiger partial charge in [0, 0.05) is 43.3 Å². The van der Waals surface area contributed by atoms with E-state index in [2.05, 4.69) is 20.2 Å². The van der Waals surface area contributed by atoms with Gasteiger partial charge in [-0.1, -0.05) is 0 Å². The Morgan fingerprint density at radius 2 is 1.88 bits per heavy atom. The number of aromatic nitrogens is 2. The molecule has 1 saturated heterocycles. The normalized spacial score (nSPS) is 18.0. The summed E-state index contributed by atoms with van der Waals surface area (Å²) in [5.74, 6) is 0.458. The van der Waals surface area contributed by atoms with E-state index >= 15 is 0 Å². The molecule has 7 nitrogen and oxygen atoms in total. The van der Waals surface area contributed by atoms with Crippen LogP contribution in [0, 0.1) is 0 Å². The highest BCUT2D eigenvalue weighted by molar-refractivity contribution is 7.90. The molecule has 132 valence electrons. The van der Waals surface area contributed by atoms with E-state index < -0.39 is 9.84 Å². The topological polar surface area (TPSA) is 92.3 Å². The average Bonchev–Trinajstić information content (AvgIpc) is 2.62. The van der Waals surface area contributed by atoms with E-state index in [0.29, 0.717) is 18.1 Å². The van der Waals surface area contributed by atoms with Crippen LogP contribution in [0.2, 0.25) is 0 Å². The zero-order valence-electron chi connectivity index (χ0n) is 13.9. The van der Waals surface area contributed by atoms with Crippen LogP contribution in [0.15, 0.2) is 47.6 Å². The first-order chi connectivity index (χ1) is 11.9. The van der Waals surface area contributed by atoms with Crippen molar-refractivity contribution in [1.82, 2.24) is 15.3 Å². The van der Waals surface area contributed by atoms with E-state index in [-0.39, 0.29) is 16.8 Å². The SMILES string of the molecule is CS(=O)(=O)c1ccc(C(=O)NC2CCCN(c3ncccn3)C2)cc1. The van der Waals surface area contributed by atoms with Crippen molar-refractivity contribution in [3.05, 3.63) is 48.3 Å². The van der Waals surface area contributed by atoms with Crippen molar-refractivity contribution in [3.8, 4) is 0 Å². The van der Waals surface area contributed by atoms with Gasteiger partial charge in [-0.15, -0.1) is 0 Å². The van der Waals surface area contributed by atoms with Gasteiger partial charge in [-0.05, 0) is 43.2 Å². The zero-order chi connectivity index (χ0) is 17.9. The Morgan fingerprint density at radius 1 is 1.20 bits per heavy atom. The third-order valence-electron chi connectivity index (χ3n) is 4.14. The van der Waals surface area contributed by atoms with Crippen LogP contribution in [0.4, 0.5) is 5.95 Å². The van der Waals surface area contributed by atoms with Crippen molar-refractivity contribution < 1.29 is 13.2 Å². The number of anilines is 1. The fourth-order valence-electron chi connectivity index (χ4n) is 2.85. The molecule has 1 atom stereocenters. The van der Waals surface area contributed by atoms with Crippen molar-refractivity contribution in [2.24, 2.45) is 0 Å². The van der Waals surface area contributed by atoms with E-state index in [1.807, 2.05) is 0 Å². The lowest BCUT2D eigenvalue weighted by Gasteiger charge is -2.33. The van der Waals surface area contributed by atoms with Crippen LogP contribution >= 0.6 is 0 Å². The molecule has 0 bridgehead atoms. The van der Waals surface area contributed by atoms with Gasteiger partial charge in [-0.3, -0.25) is 4.79 Å². The van der Waals surface area contributed by atoms with Crippen molar-refractivity contribution in [2.45, 2.75) is 23.8 Å². The molecule has 3 rings (SSSR count). The van der Waals surface area contributed by atoms with Crippen LogP contribution in [0.1, 0.15) is 23.2 Å². The second kappa shape index (κ2) is 7.18. The smallest absolute Gasteiger partial charge is 0.251 e. The van der Waals surface area contributed by atoms with Crippen LogP contribution < -0.4 is 10.2 Å². The largest absolute Gasteiger partial charge is 0.348 e. The molecule has 1 fully saturated rings. The highest BCUT2D eigenvalue weighted by atomic mass is 32.2. The number of carbonyl (C=O) groups excluding carboxylic acids is 1. The first-order valence-electron chi connectivity index (χ1n) is 8.06. The van der Waals surface area contributed by atoms with Crippen LogP contribution in [0.5, 0.6) is 0 Å². The summed E-state index contributed by atoms with van der Waals surface area (Å²) in [7, 11) is -3.26. The zero-order valence-corrected chi connectivity index (χ0v) is 14.7. The number of nitrogens with one attached hydrogen (secondary N) is 1. The molecule has 1 N–H and O–H groups in total. The highest BCUT2D eigenvalue weighted by Crippen LogP contribution is 2.16. The van der Waals surface area contributed by atoms with Gasteiger partial charge >= 0.3 is 0 Å². The molecule has 1 aliphatic rings. The number of rotatable bonds is 4. The van der Waals surface area contributed by atoms with Gasteiger partial charge in [0.1, 0.15) is 0 Å². The maximum atomic E-state index is 12.4. The number of piperidine rings is 1. The van der Waals surface area contributed by atoms with Crippen LogP contribution in [-0.2, 0) is 9.84 Å². The summed E-state index contributed by atoms with van der Waals surface area (Å²) < 4.78 is 23.0. The van der Waals surface area contributed by atoms with Crippen molar-refractivity contribution >= 4 is 21.7 Å². The summed E-state index contributed by atoms with van der Waals surface area (Å²) in [6.07, 6.45) is 6.37. The number of nitrogens with zero attached hydrogens (tertiary/aromatic N) is 3. The number of hydrogen-bond acceptors (Lipinski definition) is 6. The molecule has 2 aromatic rings. The standard InChI is InChI=1S/C17H20N4O3S/c1-25(23,24)15-7-5-13(6-8-15)16(22)20-14-4-2-11-21(12-14)17-18-9-3-10-19-17/h3,5-10,14H,2,4,11-12H2,1H3,(H,20,22). The predicted molar refractivity (Wildman–Crippen MR) is 94.3 cm³/mol. The fraction of sp³-hybridized carbons (Fsp3) is 0.353. The number of benzene rings is 1. The van der Waals surface area contributed by atoms with Crippen LogP contribution in [-0.4, -0.2) is 49.7 Å². The summed E-state index contributed by atoms with van der Waals surface area (Å²) in [6.45, 7) is 1.51. The summed E-state index contributed by atoms with van der Waals surface area (Å²) in [6, 6.07) is 7.75. The Kier molecular flexibility index (Phi) is 4.98. The van der Waals surface area contributed by atoms with E-state index in [4.69, 9.17) is 0 Å². The molecular weight excluding hydrogens is 340 g/mol. The fourth-order valence-corrected chi connectivity index (χ4v) is 3.48. The summed E-state index contributed by atoms with van der Waals surface area (Å²) in [4.78, 5) is 23.2. The number of amides is 1. The molecule has 8 heteroatoms. The maximum absolute atomic E-state index is 12.4. The summed E-state index contributed by atoms with van der Waals surface area (Å²) >= 11 is 0. The van der Waals surface area contributed by atoms with Crippen LogP contribution in [0.25, 0.3) is 0 Å². The molecule has 1 amide bonds. The van der Waals surface area contributed by atoms with Gasteiger partial charge < -0.3 is 10.2 Å². The molecule has 1 aromatic carbocycles. The lowest BCUT2D eigenvalue weighted by Crippen LogP contribution is -2.48. The molecule has 2 heterocycles. The number of carbonyl (C=O) groups is 1. The molecule has 1 unspecified atom stereocenters. The van der Waals surface area contributed by atoms with E-state index in [9.17, 15) is 13.2 Å². The Balaban J connectivity index is 1.64. The maximum Gasteiger partial charge on any atom is 0.251 e. The lowest BCUT2D eigenvalue weighted by molar-refractivity contribution is 0.0933. The summed E-state index contributed by atoms with van der Waals surface area (Å²) in [5, 5.41) is 3.01. The van der Waals surface area contributed by atoms with Crippen molar-refractivity contribution in [2.75, 3.05) is 24.2 Å². The van der Waals surface area contributed by atoms with Gasteiger partial charge in [0.15, 0.2) is 9.84 Å². The molecule has 25 heavy (non-hydrogen) atoms. The Labute approximate surface area is 147 Å². The minimum Gasteiger partial charge on any atom is -0.348 e. The Morgan fingerprint density at radius 3 is 2.52 bits per heavy atom. The third-order valence-corrected chi connectivity index (χ3v) is 5.26. The van der Waals surface area contributed by atoms with Crippen LogP contribution in [0.3, 0.4) is 0 Å². The van der Waals surface area contributed by atoms with Gasteiger partial charge in [-0.2, -0.15) is 0 Å². The van der Waals surface area contributed by atoms with Crippen molar-refractivity contribution in [1.29, 1.82) is 0 Å². The molecule has 1 aromatic heterocycles. The number of hydrogen-bond donors (Lipinski definition) is 1. The van der Waals surface area contributed by atoms with Gasteiger partial charge in [0.25, 0.3) is 5.91 Å². The lowest BCUT2D eigenvalue weighted by atomic mass is 10.1. The first-order valence-corrected chi connectivity index (χ1v) is 9.95. The van der Waals surface area contributed by atoms with E-state index in [1.54, 1.807) is 18.5 Å². The minimum atomic E-state index is -3.26. The minimum absolute atomic E-state index is 0.000333. The van der Waals surface area contributed by atoms with E-state index in [1.165, 1.54) is 24.3 Å².